The summed E-state index contributed by atoms with van der Waals surface area (Å²) in [4.78, 5) is 2.48. The van der Waals surface area contributed by atoms with Gasteiger partial charge >= 0.3 is 0 Å². The lowest BCUT2D eigenvalue weighted by Crippen LogP contribution is -2.50. The van der Waals surface area contributed by atoms with Gasteiger partial charge in [0.05, 0.1) is 12.7 Å². The number of nitrogens with zero attached hydrogens (tertiary/aromatic N) is 1. The van der Waals surface area contributed by atoms with Gasteiger partial charge in [0, 0.05) is 25.7 Å². The Balaban J connectivity index is 1.37. The fourth-order valence-electron chi connectivity index (χ4n) is 3.27. The highest BCUT2D eigenvalue weighted by molar-refractivity contribution is 5.22. The number of hydrogen-bond donors (Lipinski definition) is 1. The molecule has 1 N–H and O–H groups in total. The van der Waals surface area contributed by atoms with Gasteiger partial charge in [0.1, 0.15) is 0 Å². The predicted molar refractivity (Wildman–Crippen MR) is 82.1 cm³/mol. The first kappa shape index (κ1) is 14.1. The van der Waals surface area contributed by atoms with Gasteiger partial charge in [-0.2, -0.15) is 0 Å². The third-order valence-corrected chi connectivity index (χ3v) is 4.71. The number of benzene rings is 1. The smallest absolute Gasteiger partial charge is 0.0826 e. The largest absolute Gasteiger partial charge is 0.374 e. The van der Waals surface area contributed by atoms with Crippen LogP contribution in [0.15, 0.2) is 30.3 Å². The molecule has 0 radical (unpaired) electrons. The summed E-state index contributed by atoms with van der Waals surface area (Å²) in [5.41, 5.74) is 1.50. The molecular formula is C17H26N2O. The van der Waals surface area contributed by atoms with Crippen molar-refractivity contribution in [3.63, 3.8) is 0 Å². The van der Waals surface area contributed by atoms with E-state index in [9.17, 15) is 0 Å². The van der Waals surface area contributed by atoms with E-state index in [1.54, 1.807) is 0 Å². The van der Waals surface area contributed by atoms with E-state index >= 15 is 0 Å². The van der Waals surface area contributed by atoms with E-state index in [2.05, 4.69) is 47.5 Å². The van der Waals surface area contributed by atoms with Gasteiger partial charge in [-0.05, 0) is 30.9 Å². The number of ether oxygens (including phenoxy) is 1. The summed E-state index contributed by atoms with van der Waals surface area (Å²) in [6.07, 6.45) is 2.92. The normalized spacial score (nSPS) is 30.9. The summed E-state index contributed by atoms with van der Waals surface area (Å²) in [5.74, 6) is 0.758. The summed E-state index contributed by atoms with van der Waals surface area (Å²) in [6.45, 7) is 7.43. The molecule has 1 unspecified atom stereocenters. The Morgan fingerprint density at radius 2 is 2.05 bits per heavy atom. The van der Waals surface area contributed by atoms with Crippen LogP contribution in [0.2, 0.25) is 0 Å². The molecular weight excluding hydrogens is 248 g/mol. The number of rotatable bonds is 5. The van der Waals surface area contributed by atoms with Crippen molar-refractivity contribution >= 4 is 0 Å². The van der Waals surface area contributed by atoms with E-state index in [4.69, 9.17) is 4.74 Å². The van der Waals surface area contributed by atoms with Crippen molar-refractivity contribution in [2.24, 2.45) is 0 Å². The molecule has 2 aliphatic rings. The Kier molecular flexibility index (Phi) is 4.71. The van der Waals surface area contributed by atoms with Gasteiger partial charge in [-0.1, -0.05) is 37.3 Å². The van der Waals surface area contributed by atoms with Crippen LogP contribution in [0.25, 0.3) is 0 Å². The zero-order chi connectivity index (χ0) is 13.8. The predicted octanol–water partition coefficient (Wildman–Crippen LogP) is 2.24. The molecule has 0 spiro atoms. The number of hydrogen-bond acceptors (Lipinski definition) is 3. The molecule has 1 aliphatic heterocycles. The molecule has 1 heterocycles. The third kappa shape index (κ3) is 3.40. The standard InChI is InChI=1S/C17H26N2O/c1-2-19-8-9-20-17(13-19)12-18-16-10-15(11-16)14-6-4-3-5-7-14/h3-7,15-18H,2,8-13H2,1H3. The van der Waals surface area contributed by atoms with E-state index in [-0.39, 0.29) is 0 Å². The van der Waals surface area contributed by atoms with Crippen molar-refractivity contribution in [2.45, 2.75) is 37.8 Å². The summed E-state index contributed by atoms with van der Waals surface area (Å²) < 4.78 is 5.84. The van der Waals surface area contributed by atoms with Crippen LogP contribution < -0.4 is 5.32 Å². The molecule has 3 nitrogen and oxygen atoms in total. The minimum absolute atomic E-state index is 0.375. The van der Waals surface area contributed by atoms with Crippen molar-refractivity contribution in [2.75, 3.05) is 32.8 Å². The molecule has 1 aromatic carbocycles. The second kappa shape index (κ2) is 6.70. The second-order valence-corrected chi connectivity index (χ2v) is 6.07. The average molecular weight is 274 g/mol. The van der Waals surface area contributed by atoms with Crippen molar-refractivity contribution in [3.05, 3.63) is 35.9 Å². The monoisotopic (exact) mass is 274 g/mol. The van der Waals surface area contributed by atoms with Crippen LogP contribution in [-0.2, 0) is 4.74 Å². The van der Waals surface area contributed by atoms with Crippen molar-refractivity contribution in [1.29, 1.82) is 0 Å². The molecule has 3 rings (SSSR count). The highest BCUT2D eigenvalue weighted by Crippen LogP contribution is 2.36. The second-order valence-electron chi connectivity index (χ2n) is 6.07. The van der Waals surface area contributed by atoms with E-state index in [1.807, 2.05) is 0 Å². The minimum atomic E-state index is 0.375. The van der Waals surface area contributed by atoms with E-state index in [0.717, 1.165) is 38.7 Å². The Morgan fingerprint density at radius 1 is 1.25 bits per heavy atom. The molecule has 1 atom stereocenters. The van der Waals surface area contributed by atoms with Crippen LogP contribution in [0.1, 0.15) is 31.2 Å². The first-order chi connectivity index (χ1) is 9.85. The highest BCUT2D eigenvalue weighted by atomic mass is 16.5. The summed E-state index contributed by atoms with van der Waals surface area (Å²) >= 11 is 0. The van der Waals surface area contributed by atoms with E-state index in [1.165, 1.54) is 18.4 Å². The molecule has 1 aromatic rings. The first-order valence-corrected chi connectivity index (χ1v) is 7.97. The van der Waals surface area contributed by atoms with Gasteiger partial charge in [0.25, 0.3) is 0 Å². The van der Waals surface area contributed by atoms with Crippen molar-refractivity contribution < 1.29 is 4.74 Å². The van der Waals surface area contributed by atoms with Crippen molar-refractivity contribution in [1.82, 2.24) is 10.2 Å². The lowest BCUT2D eigenvalue weighted by Gasteiger charge is -2.38. The Hall–Kier alpha value is -0.900. The Morgan fingerprint density at radius 3 is 2.80 bits per heavy atom. The van der Waals surface area contributed by atoms with Crippen LogP contribution in [0.3, 0.4) is 0 Å². The zero-order valence-corrected chi connectivity index (χ0v) is 12.4. The SMILES string of the molecule is CCN1CCOC(CNC2CC(c3ccccc3)C2)C1. The van der Waals surface area contributed by atoms with Crippen LogP contribution in [-0.4, -0.2) is 49.8 Å². The highest BCUT2D eigenvalue weighted by Gasteiger charge is 2.30. The molecule has 1 aliphatic carbocycles. The van der Waals surface area contributed by atoms with E-state index < -0.39 is 0 Å². The molecule has 1 saturated heterocycles. The lowest BCUT2D eigenvalue weighted by molar-refractivity contribution is -0.0276. The fraction of sp³-hybridized carbons (Fsp3) is 0.647. The minimum Gasteiger partial charge on any atom is -0.374 e. The molecule has 1 saturated carbocycles. The van der Waals surface area contributed by atoms with Gasteiger partial charge in [0.2, 0.25) is 0 Å². The molecule has 110 valence electrons. The summed E-state index contributed by atoms with van der Waals surface area (Å²) in [6, 6.07) is 11.6. The van der Waals surface area contributed by atoms with Gasteiger partial charge < -0.3 is 10.1 Å². The zero-order valence-electron chi connectivity index (χ0n) is 12.4. The van der Waals surface area contributed by atoms with Crippen LogP contribution >= 0.6 is 0 Å². The third-order valence-electron chi connectivity index (χ3n) is 4.71. The van der Waals surface area contributed by atoms with Gasteiger partial charge in [0.15, 0.2) is 0 Å². The molecule has 0 bridgehead atoms. The summed E-state index contributed by atoms with van der Waals surface area (Å²) in [5, 5.41) is 3.68. The molecule has 20 heavy (non-hydrogen) atoms. The Labute approximate surface area is 122 Å². The van der Waals surface area contributed by atoms with Crippen LogP contribution in [0, 0.1) is 0 Å². The molecule has 0 aromatic heterocycles. The van der Waals surface area contributed by atoms with E-state index in [0.29, 0.717) is 12.1 Å². The van der Waals surface area contributed by atoms with Gasteiger partial charge in [-0.15, -0.1) is 0 Å². The van der Waals surface area contributed by atoms with Crippen LogP contribution in [0.4, 0.5) is 0 Å². The van der Waals surface area contributed by atoms with Gasteiger partial charge in [-0.3, -0.25) is 4.90 Å². The maximum absolute atomic E-state index is 5.84. The molecule has 2 fully saturated rings. The lowest BCUT2D eigenvalue weighted by atomic mass is 9.76. The molecule has 3 heteroatoms. The maximum Gasteiger partial charge on any atom is 0.0826 e. The van der Waals surface area contributed by atoms with Crippen LogP contribution in [0.5, 0.6) is 0 Å². The average Bonchev–Trinajstić information content (AvgIpc) is 2.47. The topological polar surface area (TPSA) is 24.5 Å². The van der Waals surface area contributed by atoms with Gasteiger partial charge in [-0.25, -0.2) is 0 Å². The molecule has 0 amide bonds. The number of morpholine rings is 1. The number of nitrogens with one attached hydrogen (secondary N) is 1. The Bertz CT molecular complexity index is 403. The number of likely N-dealkylation sites (N-methyl/N-ethyl adjacent to an activating group) is 1. The quantitative estimate of drug-likeness (QED) is 0.891. The van der Waals surface area contributed by atoms with Crippen molar-refractivity contribution in [3.8, 4) is 0 Å². The summed E-state index contributed by atoms with van der Waals surface area (Å²) in [7, 11) is 0. The maximum atomic E-state index is 5.84. The fourth-order valence-corrected chi connectivity index (χ4v) is 3.27. The first-order valence-electron chi connectivity index (χ1n) is 7.97.